The zero-order chi connectivity index (χ0) is 16.7. The van der Waals surface area contributed by atoms with Gasteiger partial charge in [0, 0.05) is 24.4 Å². The number of carbonyl (C=O) groups is 1. The van der Waals surface area contributed by atoms with Crippen LogP contribution in [0.4, 0.5) is 0 Å². The summed E-state index contributed by atoms with van der Waals surface area (Å²) in [5.41, 5.74) is 3.79. The van der Waals surface area contributed by atoms with E-state index in [4.69, 9.17) is 9.52 Å². The number of oxazole rings is 1. The van der Waals surface area contributed by atoms with Gasteiger partial charge in [-0.3, -0.25) is 0 Å². The Morgan fingerprint density at radius 3 is 2.83 bits per heavy atom. The third kappa shape index (κ3) is 2.32. The van der Waals surface area contributed by atoms with Crippen LogP contribution in [-0.4, -0.2) is 30.6 Å². The van der Waals surface area contributed by atoms with E-state index in [-0.39, 0.29) is 5.69 Å². The van der Waals surface area contributed by atoms with Crippen molar-refractivity contribution < 1.29 is 14.3 Å². The number of nitrogens with zero attached hydrogens (tertiary/aromatic N) is 4. The summed E-state index contributed by atoms with van der Waals surface area (Å²) in [5, 5.41) is 9.04. The maximum Gasteiger partial charge on any atom is 0.354 e. The maximum absolute atomic E-state index is 11.0. The molecule has 4 rings (SSSR count). The van der Waals surface area contributed by atoms with Gasteiger partial charge in [0.2, 0.25) is 5.89 Å². The Morgan fingerprint density at radius 2 is 2.08 bits per heavy atom. The number of carboxylic acids is 1. The molecule has 0 aliphatic heterocycles. The van der Waals surface area contributed by atoms with Crippen molar-refractivity contribution in [3.8, 4) is 22.7 Å². The minimum Gasteiger partial charge on any atom is -0.477 e. The molecule has 0 saturated carbocycles. The fourth-order valence-electron chi connectivity index (χ4n) is 2.53. The van der Waals surface area contributed by atoms with Crippen LogP contribution >= 0.6 is 0 Å². The molecule has 7 heteroatoms. The Kier molecular flexibility index (Phi) is 3.13. The van der Waals surface area contributed by atoms with E-state index in [2.05, 4.69) is 15.0 Å². The summed E-state index contributed by atoms with van der Waals surface area (Å²) in [5.74, 6) is -0.733. The van der Waals surface area contributed by atoms with Gasteiger partial charge in [-0.15, -0.1) is 0 Å². The normalized spacial score (nSPS) is 11.0. The van der Waals surface area contributed by atoms with Gasteiger partial charge in [-0.25, -0.2) is 19.7 Å². The van der Waals surface area contributed by atoms with E-state index in [9.17, 15) is 4.79 Å². The maximum atomic E-state index is 11.0. The molecular formula is C17H12N4O3. The number of imidazole rings is 1. The molecule has 0 amide bonds. The standard InChI is InChI=1S/C17H12N4O3/c1-21-9-18-8-14(21)10-2-3-15-12(6-10)20-16(24-15)11-4-5-19-13(7-11)17(22)23/h2-9H,1H3,(H,22,23). The molecule has 0 atom stereocenters. The molecule has 0 radical (unpaired) electrons. The Bertz CT molecular complexity index is 1060. The smallest absolute Gasteiger partial charge is 0.354 e. The van der Waals surface area contributed by atoms with Gasteiger partial charge in [-0.1, -0.05) is 0 Å². The molecule has 118 valence electrons. The second-order valence-electron chi connectivity index (χ2n) is 5.33. The summed E-state index contributed by atoms with van der Waals surface area (Å²) in [6, 6.07) is 8.80. The number of fused-ring (bicyclic) bond motifs is 1. The molecule has 0 spiro atoms. The summed E-state index contributed by atoms with van der Waals surface area (Å²) in [6.07, 6.45) is 4.94. The lowest BCUT2D eigenvalue weighted by Gasteiger charge is -2.00. The van der Waals surface area contributed by atoms with Crippen LogP contribution in [0.15, 0.2) is 53.5 Å². The highest BCUT2D eigenvalue weighted by atomic mass is 16.4. The molecule has 24 heavy (non-hydrogen) atoms. The zero-order valence-corrected chi connectivity index (χ0v) is 12.7. The van der Waals surface area contributed by atoms with Gasteiger partial charge in [0.05, 0.1) is 18.2 Å². The van der Waals surface area contributed by atoms with Crippen molar-refractivity contribution in [1.82, 2.24) is 19.5 Å². The molecule has 1 N–H and O–H groups in total. The molecule has 1 aromatic carbocycles. The van der Waals surface area contributed by atoms with Crippen molar-refractivity contribution in [1.29, 1.82) is 0 Å². The highest BCUT2D eigenvalue weighted by Gasteiger charge is 2.13. The second kappa shape index (κ2) is 5.31. The van der Waals surface area contributed by atoms with Crippen LogP contribution in [-0.2, 0) is 7.05 Å². The molecule has 0 aliphatic rings. The number of aryl methyl sites for hydroxylation is 1. The third-order valence-electron chi connectivity index (χ3n) is 3.73. The quantitative estimate of drug-likeness (QED) is 0.623. The number of hydrogen-bond donors (Lipinski definition) is 1. The van der Waals surface area contributed by atoms with Gasteiger partial charge < -0.3 is 14.1 Å². The second-order valence-corrected chi connectivity index (χ2v) is 5.33. The van der Waals surface area contributed by atoms with Crippen LogP contribution in [0.3, 0.4) is 0 Å². The fraction of sp³-hybridized carbons (Fsp3) is 0.0588. The van der Waals surface area contributed by atoms with Crippen LogP contribution in [0, 0.1) is 0 Å². The molecule has 0 fully saturated rings. The van der Waals surface area contributed by atoms with E-state index in [0.29, 0.717) is 22.6 Å². The highest BCUT2D eigenvalue weighted by molar-refractivity contribution is 5.87. The van der Waals surface area contributed by atoms with Crippen molar-refractivity contribution >= 4 is 17.1 Å². The number of hydrogen-bond acceptors (Lipinski definition) is 5. The molecule has 0 aliphatic carbocycles. The van der Waals surface area contributed by atoms with Crippen LogP contribution in [0.5, 0.6) is 0 Å². The Balaban J connectivity index is 1.80. The van der Waals surface area contributed by atoms with Crippen LogP contribution < -0.4 is 0 Å². The summed E-state index contributed by atoms with van der Waals surface area (Å²) in [7, 11) is 1.92. The molecule has 7 nitrogen and oxygen atoms in total. The first-order valence-electron chi connectivity index (χ1n) is 7.19. The van der Waals surface area contributed by atoms with Gasteiger partial charge in [-0.05, 0) is 30.3 Å². The predicted octanol–water partition coefficient (Wildman–Crippen LogP) is 2.99. The summed E-state index contributed by atoms with van der Waals surface area (Å²) >= 11 is 0. The zero-order valence-electron chi connectivity index (χ0n) is 12.7. The van der Waals surface area contributed by atoms with Crippen molar-refractivity contribution in [2.45, 2.75) is 0 Å². The number of aromatic nitrogens is 4. The van der Waals surface area contributed by atoms with Gasteiger partial charge in [0.25, 0.3) is 0 Å². The van der Waals surface area contributed by atoms with Crippen LogP contribution in [0.25, 0.3) is 33.8 Å². The fourth-order valence-corrected chi connectivity index (χ4v) is 2.53. The average Bonchev–Trinajstić information content (AvgIpc) is 3.20. The largest absolute Gasteiger partial charge is 0.477 e. The number of pyridine rings is 1. The lowest BCUT2D eigenvalue weighted by Crippen LogP contribution is -1.99. The van der Waals surface area contributed by atoms with Crippen molar-refractivity contribution in [2.75, 3.05) is 0 Å². The van der Waals surface area contributed by atoms with Gasteiger partial charge in [0.15, 0.2) is 5.58 Å². The van der Waals surface area contributed by atoms with Crippen LogP contribution in [0.1, 0.15) is 10.5 Å². The third-order valence-corrected chi connectivity index (χ3v) is 3.73. The topological polar surface area (TPSA) is 94.0 Å². The van der Waals surface area contributed by atoms with Crippen molar-refractivity contribution in [3.63, 3.8) is 0 Å². The van der Waals surface area contributed by atoms with E-state index >= 15 is 0 Å². The van der Waals surface area contributed by atoms with E-state index < -0.39 is 5.97 Å². The summed E-state index contributed by atoms with van der Waals surface area (Å²) < 4.78 is 7.66. The van der Waals surface area contributed by atoms with Gasteiger partial charge in [0.1, 0.15) is 11.2 Å². The molecule has 0 saturated heterocycles. The number of carboxylic acid groups (broad SMARTS) is 1. The minimum absolute atomic E-state index is 0.0506. The highest BCUT2D eigenvalue weighted by Crippen LogP contribution is 2.28. The number of rotatable bonds is 3. The first-order valence-corrected chi connectivity index (χ1v) is 7.19. The molecule has 3 aromatic heterocycles. The molecule has 4 aromatic rings. The van der Waals surface area contributed by atoms with Crippen molar-refractivity contribution in [3.05, 3.63) is 54.7 Å². The van der Waals surface area contributed by atoms with Crippen molar-refractivity contribution in [2.24, 2.45) is 7.05 Å². The summed E-state index contributed by atoms with van der Waals surface area (Å²) in [4.78, 5) is 23.4. The first kappa shape index (κ1) is 14.1. The SMILES string of the molecule is Cn1cncc1-c1ccc2oc(-c3ccnc(C(=O)O)c3)nc2c1. The first-order chi connectivity index (χ1) is 11.6. The molecule has 0 unspecified atom stereocenters. The Morgan fingerprint density at radius 1 is 1.21 bits per heavy atom. The number of aromatic carboxylic acids is 1. The van der Waals surface area contributed by atoms with E-state index in [0.717, 1.165) is 11.3 Å². The average molecular weight is 320 g/mol. The molecular weight excluding hydrogens is 308 g/mol. The minimum atomic E-state index is -1.09. The van der Waals surface area contributed by atoms with Crippen LogP contribution in [0.2, 0.25) is 0 Å². The lowest BCUT2D eigenvalue weighted by molar-refractivity contribution is 0.0690. The predicted molar refractivity (Wildman–Crippen MR) is 86.4 cm³/mol. The Labute approximate surface area is 136 Å². The van der Waals surface area contributed by atoms with E-state index in [1.54, 1.807) is 18.6 Å². The lowest BCUT2D eigenvalue weighted by atomic mass is 10.1. The van der Waals surface area contributed by atoms with E-state index in [1.165, 1.54) is 12.3 Å². The van der Waals surface area contributed by atoms with Gasteiger partial charge >= 0.3 is 5.97 Å². The number of benzene rings is 1. The molecule has 3 heterocycles. The van der Waals surface area contributed by atoms with Gasteiger partial charge in [-0.2, -0.15) is 0 Å². The molecule has 0 bridgehead atoms. The summed E-state index contributed by atoms with van der Waals surface area (Å²) in [6.45, 7) is 0. The Hall–Kier alpha value is -3.48. The van der Waals surface area contributed by atoms with E-state index in [1.807, 2.05) is 29.8 Å². The monoisotopic (exact) mass is 320 g/mol.